The summed E-state index contributed by atoms with van der Waals surface area (Å²) in [5.74, 6) is 1.86. The average molecular weight is 316 g/mol. The number of amides is 1. The summed E-state index contributed by atoms with van der Waals surface area (Å²) >= 11 is 0. The zero-order valence-corrected chi connectivity index (χ0v) is 13.5. The average Bonchev–Trinajstić information content (AvgIpc) is 2.61. The molecule has 0 aromatic heterocycles. The largest absolute Gasteiger partial charge is 0.497 e. The van der Waals surface area contributed by atoms with Crippen molar-refractivity contribution in [1.82, 2.24) is 5.32 Å². The van der Waals surface area contributed by atoms with Crippen LogP contribution in [0.15, 0.2) is 23.8 Å². The predicted molar refractivity (Wildman–Crippen MR) is 89.4 cm³/mol. The molecule has 3 N–H and O–H groups in total. The highest BCUT2D eigenvalue weighted by Crippen LogP contribution is 2.30. The fourth-order valence-corrected chi connectivity index (χ4v) is 3.35. The highest BCUT2D eigenvalue weighted by atomic mass is 16.5. The van der Waals surface area contributed by atoms with Crippen molar-refractivity contribution in [1.29, 1.82) is 0 Å². The summed E-state index contributed by atoms with van der Waals surface area (Å²) in [7, 11) is 1.62. The predicted octanol–water partition coefficient (Wildman–Crippen LogP) is 2.10. The molecule has 3 rings (SSSR count). The van der Waals surface area contributed by atoms with Crippen LogP contribution in [-0.4, -0.2) is 32.2 Å². The Labute approximate surface area is 136 Å². The van der Waals surface area contributed by atoms with E-state index in [4.69, 9.17) is 15.2 Å². The quantitative estimate of drug-likeness (QED) is 0.892. The number of hydrogen-bond donors (Lipinski definition) is 2. The Balaban J connectivity index is 1.73. The zero-order valence-electron chi connectivity index (χ0n) is 13.5. The molecule has 1 heterocycles. The Morgan fingerprint density at radius 1 is 1.39 bits per heavy atom. The van der Waals surface area contributed by atoms with Gasteiger partial charge in [0.15, 0.2) is 0 Å². The standard InChI is InChI=1S/C18H24N2O3/c1-22-15-6-7-17-13(9-15)8-14(11-23-17)18(21)20-16-5-3-2-4-12(16)10-19/h6-9,12,16H,2-5,10-11,19H2,1H3,(H,20,21). The van der Waals surface area contributed by atoms with Crippen molar-refractivity contribution >= 4 is 12.0 Å². The van der Waals surface area contributed by atoms with Crippen molar-refractivity contribution in [2.24, 2.45) is 11.7 Å². The van der Waals surface area contributed by atoms with E-state index in [1.54, 1.807) is 7.11 Å². The van der Waals surface area contributed by atoms with Crippen LogP contribution in [0.3, 0.4) is 0 Å². The van der Waals surface area contributed by atoms with E-state index in [1.807, 2.05) is 24.3 Å². The van der Waals surface area contributed by atoms with Crippen LogP contribution in [0.25, 0.3) is 6.08 Å². The molecule has 5 nitrogen and oxygen atoms in total. The molecular formula is C18H24N2O3. The molecule has 2 unspecified atom stereocenters. The fraction of sp³-hybridized carbons (Fsp3) is 0.500. The van der Waals surface area contributed by atoms with Crippen LogP contribution in [0, 0.1) is 5.92 Å². The number of fused-ring (bicyclic) bond motifs is 1. The van der Waals surface area contributed by atoms with E-state index >= 15 is 0 Å². The van der Waals surface area contributed by atoms with Gasteiger partial charge in [0.1, 0.15) is 18.1 Å². The van der Waals surface area contributed by atoms with Gasteiger partial charge in [-0.3, -0.25) is 4.79 Å². The molecule has 0 bridgehead atoms. The number of methoxy groups -OCH3 is 1. The molecular weight excluding hydrogens is 292 g/mol. The molecule has 1 aromatic rings. The first-order chi connectivity index (χ1) is 11.2. The smallest absolute Gasteiger partial charge is 0.250 e. The normalized spacial score (nSPS) is 23.3. The van der Waals surface area contributed by atoms with E-state index < -0.39 is 0 Å². The Morgan fingerprint density at radius 2 is 2.22 bits per heavy atom. The van der Waals surface area contributed by atoms with E-state index in [9.17, 15) is 4.79 Å². The lowest BCUT2D eigenvalue weighted by atomic mass is 9.84. The zero-order chi connectivity index (χ0) is 16.2. The Bertz CT molecular complexity index is 612. The first-order valence-corrected chi connectivity index (χ1v) is 8.23. The Kier molecular flexibility index (Phi) is 4.86. The number of nitrogens with one attached hydrogen (secondary N) is 1. The third-order valence-electron chi connectivity index (χ3n) is 4.75. The van der Waals surface area contributed by atoms with Gasteiger partial charge in [0.2, 0.25) is 0 Å². The van der Waals surface area contributed by atoms with E-state index in [2.05, 4.69) is 5.32 Å². The maximum absolute atomic E-state index is 12.6. The van der Waals surface area contributed by atoms with Crippen LogP contribution < -0.4 is 20.5 Å². The molecule has 1 aliphatic carbocycles. The molecule has 1 amide bonds. The summed E-state index contributed by atoms with van der Waals surface area (Å²) in [5.41, 5.74) is 7.36. The number of carbonyl (C=O) groups excluding carboxylic acids is 1. The fourth-order valence-electron chi connectivity index (χ4n) is 3.35. The maximum atomic E-state index is 12.6. The first-order valence-electron chi connectivity index (χ1n) is 8.23. The van der Waals surface area contributed by atoms with Crippen LogP contribution in [-0.2, 0) is 4.79 Å². The van der Waals surface area contributed by atoms with E-state index in [0.717, 1.165) is 36.3 Å². The van der Waals surface area contributed by atoms with E-state index in [-0.39, 0.29) is 11.9 Å². The van der Waals surface area contributed by atoms with Gasteiger partial charge in [0, 0.05) is 11.6 Å². The second-order valence-corrected chi connectivity index (χ2v) is 6.22. The van der Waals surface area contributed by atoms with Crippen molar-refractivity contribution in [2.75, 3.05) is 20.3 Å². The topological polar surface area (TPSA) is 73.6 Å². The summed E-state index contributed by atoms with van der Waals surface area (Å²) < 4.78 is 10.9. The lowest BCUT2D eigenvalue weighted by Crippen LogP contribution is -2.45. The SMILES string of the molecule is COc1ccc2c(c1)C=C(C(=O)NC1CCCCC1CN)CO2. The maximum Gasteiger partial charge on any atom is 0.250 e. The molecule has 0 radical (unpaired) electrons. The van der Waals surface area contributed by atoms with Gasteiger partial charge in [-0.2, -0.15) is 0 Å². The third-order valence-corrected chi connectivity index (χ3v) is 4.75. The lowest BCUT2D eigenvalue weighted by Gasteiger charge is -2.31. The molecule has 0 spiro atoms. The number of benzene rings is 1. The van der Waals surface area contributed by atoms with E-state index in [1.165, 1.54) is 6.42 Å². The van der Waals surface area contributed by atoms with Crippen molar-refractivity contribution in [2.45, 2.75) is 31.7 Å². The second kappa shape index (κ2) is 7.04. The Hall–Kier alpha value is -2.01. The highest BCUT2D eigenvalue weighted by molar-refractivity contribution is 5.99. The third kappa shape index (κ3) is 3.50. The van der Waals surface area contributed by atoms with Gasteiger partial charge in [-0.1, -0.05) is 12.8 Å². The molecule has 2 aliphatic rings. The molecule has 23 heavy (non-hydrogen) atoms. The number of rotatable bonds is 4. The lowest BCUT2D eigenvalue weighted by molar-refractivity contribution is -0.119. The second-order valence-electron chi connectivity index (χ2n) is 6.22. The number of ether oxygens (including phenoxy) is 2. The van der Waals surface area contributed by atoms with Gasteiger partial charge in [0.05, 0.1) is 12.7 Å². The first kappa shape index (κ1) is 15.9. The molecule has 5 heteroatoms. The molecule has 1 fully saturated rings. The summed E-state index contributed by atoms with van der Waals surface area (Å²) in [5, 5.41) is 3.15. The van der Waals surface area contributed by atoms with Crippen molar-refractivity contribution in [3.05, 3.63) is 29.3 Å². The number of carbonyl (C=O) groups is 1. The molecule has 1 aliphatic heterocycles. The molecule has 2 atom stereocenters. The minimum Gasteiger partial charge on any atom is -0.497 e. The summed E-state index contributed by atoms with van der Waals surface area (Å²) in [6.07, 6.45) is 6.34. The monoisotopic (exact) mass is 316 g/mol. The van der Waals surface area contributed by atoms with Crippen LogP contribution in [0.5, 0.6) is 11.5 Å². The van der Waals surface area contributed by atoms with Gasteiger partial charge in [-0.05, 0) is 49.6 Å². The van der Waals surface area contributed by atoms with E-state index in [0.29, 0.717) is 24.6 Å². The molecule has 0 saturated heterocycles. The summed E-state index contributed by atoms with van der Waals surface area (Å²) in [6, 6.07) is 5.77. The van der Waals surface area contributed by atoms with Gasteiger partial charge in [-0.25, -0.2) is 0 Å². The van der Waals surface area contributed by atoms with Gasteiger partial charge in [0.25, 0.3) is 5.91 Å². The molecule has 124 valence electrons. The minimum absolute atomic E-state index is 0.0520. The number of hydrogen-bond acceptors (Lipinski definition) is 4. The minimum atomic E-state index is -0.0520. The van der Waals surface area contributed by atoms with Crippen LogP contribution >= 0.6 is 0 Å². The summed E-state index contributed by atoms with van der Waals surface area (Å²) in [6.45, 7) is 0.922. The van der Waals surface area contributed by atoms with Gasteiger partial charge < -0.3 is 20.5 Å². The molecule has 1 aromatic carbocycles. The highest BCUT2D eigenvalue weighted by Gasteiger charge is 2.27. The number of nitrogens with two attached hydrogens (primary N) is 1. The van der Waals surface area contributed by atoms with Gasteiger partial charge in [-0.15, -0.1) is 0 Å². The van der Waals surface area contributed by atoms with Crippen molar-refractivity contribution < 1.29 is 14.3 Å². The van der Waals surface area contributed by atoms with Crippen molar-refractivity contribution in [3.63, 3.8) is 0 Å². The van der Waals surface area contributed by atoms with Crippen LogP contribution in [0.4, 0.5) is 0 Å². The van der Waals surface area contributed by atoms with Crippen LogP contribution in [0.2, 0.25) is 0 Å². The van der Waals surface area contributed by atoms with Crippen molar-refractivity contribution in [3.8, 4) is 11.5 Å². The summed E-state index contributed by atoms with van der Waals surface area (Å²) in [4.78, 5) is 12.6. The van der Waals surface area contributed by atoms with Gasteiger partial charge >= 0.3 is 0 Å². The molecule has 1 saturated carbocycles. The van der Waals surface area contributed by atoms with Crippen LogP contribution in [0.1, 0.15) is 31.2 Å². The Morgan fingerprint density at radius 3 is 3.00 bits per heavy atom.